The topological polar surface area (TPSA) is 470 Å². The number of aliphatic carboxylic acids is 10. The molecule has 34 heteroatoms. The van der Waals surface area contributed by atoms with E-state index in [-0.39, 0.29) is 75.4 Å². The monoisotopic (exact) mass is 1270 g/mol. The van der Waals surface area contributed by atoms with Gasteiger partial charge in [-0.1, -0.05) is 48.5 Å². The average Bonchev–Trinajstić information content (AvgIpc) is 3.62. The number of carbonyl (C=O) groups excluding carboxylic acids is 1. The third-order valence-electron chi connectivity index (χ3n) is 12.7. The van der Waals surface area contributed by atoms with Crippen LogP contribution >= 0.6 is 24.4 Å². The van der Waals surface area contributed by atoms with Gasteiger partial charge >= 0.3 is 59.7 Å². The van der Waals surface area contributed by atoms with Crippen molar-refractivity contribution in [2.24, 2.45) is 0 Å². The molecule has 32 nitrogen and oxygen atoms in total. The standard InChI is InChI=1S/C54H71N11O21S2/c66-42(21-57-54(88)59-39-11-7-35(8-12-39)18-41(65(32-51(83)84)33-52(85)86)23-61(25-44(69)70)14-16-63(28-47(75)76)29-48(77)78)55-19-36-1-3-37(4-2-36)20-56-53(87)58-38-9-5-34(6-10-38)17-40(64(30-49(79)80)31-50(81)82)22-60(24-43(67)68)13-15-62(26-45(71)72)27-46(73)74/h1-12,40-41H,13-33H2,(H,55,66)(H,67,68)(H,69,70)(H,71,72)(H,73,74)(H,75,76)(H,77,78)(H,79,80)(H,81,82)(H,83,84)(H,85,86)(H2,56,58,87)(H2,57,59,88)/t40-,41-/m0/s1. The summed E-state index contributed by atoms with van der Waals surface area (Å²) in [6.45, 7) is -7.43. The maximum atomic E-state index is 12.8. The molecule has 0 saturated heterocycles. The number of rotatable bonds is 44. The Balaban J connectivity index is 1.55. The molecule has 0 spiro atoms. The van der Waals surface area contributed by atoms with Crippen LogP contribution in [0.2, 0.25) is 0 Å². The zero-order valence-electron chi connectivity index (χ0n) is 47.4. The Hall–Kier alpha value is -9.03. The second-order valence-corrected chi connectivity index (χ2v) is 20.8. The fraction of sp³-hybridized carbons (Fsp3) is 0.426. The van der Waals surface area contributed by atoms with Crippen molar-refractivity contribution in [1.82, 2.24) is 45.3 Å². The van der Waals surface area contributed by atoms with E-state index in [2.05, 4.69) is 26.6 Å². The molecule has 0 aliphatic rings. The van der Waals surface area contributed by atoms with E-state index < -0.39 is 143 Å². The molecule has 88 heavy (non-hydrogen) atoms. The molecule has 0 fully saturated rings. The SMILES string of the molecule is O=C(O)CN(CCN(CC(=O)O)C[C@H](Cc1ccc(NC(=S)NCC(=O)NCc2ccc(CNC(=S)Nc3ccc(C[C@@H](CN(CCN(CC(=O)O)CC(=O)O)CC(=O)O)N(CC(=O)O)CC(=O)O)cc3)cc2)cc1)N(CC(=O)O)CC(=O)O)CC(=O)O. The van der Waals surface area contributed by atoms with E-state index in [9.17, 15) is 104 Å². The van der Waals surface area contributed by atoms with Gasteiger partial charge in [-0.25, -0.2) is 0 Å². The van der Waals surface area contributed by atoms with Crippen LogP contribution in [0.25, 0.3) is 0 Å². The number of thiocarbonyl (C=S) groups is 2. The molecule has 0 aromatic heterocycles. The Labute approximate surface area is 513 Å². The van der Waals surface area contributed by atoms with Crippen LogP contribution in [0, 0.1) is 0 Å². The molecule has 2 atom stereocenters. The van der Waals surface area contributed by atoms with Gasteiger partial charge in [-0.2, -0.15) is 0 Å². The Bertz CT molecular complexity index is 2840. The van der Waals surface area contributed by atoms with Crippen LogP contribution in [0.1, 0.15) is 22.3 Å². The van der Waals surface area contributed by atoms with Crippen molar-refractivity contribution in [3.8, 4) is 0 Å². The van der Waals surface area contributed by atoms with E-state index in [0.717, 1.165) is 30.7 Å². The number of anilines is 2. The number of amides is 1. The maximum absolute atomic E-state index is 12.8. The van der Waals surface area contributed by atoms with Gasteiger partial charge in [0.05, 0.1) is 72.0 Å². The second kappa shape index (κ2) is 38.2. The molecule has 3 aromatic rings. The predicted octanol–water partition coefficient (Wildman–Crippen LogP) is -1.74. The summed E-state index contributed by atoms with van der Waals surface area (Å²) in [5.74, 6) is -13.6. The third kappa shape index (κ3) is 31.9. The van der Waals surface area contributed by atoms with Crippen LogP contribution in [-0.4, -0.2) is 280 Å². The van der Waals surface area contributed by atoms with Crippen LogP contribution in [0.15, 0.2) is 72.8 Å². The highest BCUT2D eigenvalue weighted by molar-refractivity contribution is 7.80. The zero-order chi connectivity index (χ0) is 65.5. The lowest BCUT2D eigenvalue weighted by molar-refractivity contribution is -0.145. The van der Waals surface area contributed by atoms with Gasteiger partial charge in [0.2, 0.25) is 5.91 Å². The minimum absolute atomic E-state index is 0.0253. The number of carboxylic acids is 10. The van der Waals surface area contributed by atoms with Gasteiger partial charge in [0.15, 0.2) is 10.2 Å². The first-order chi connectivity index (χ1) is 41.5. The molecule has 3 rings (SSSR count). The highest BCUT2D eigenvalue weighted by atomic mass is 32.1. The van der Waals surface area contributed by atoms with Gasteiger partial charge in [-0.15, -0.1) is 0 Å². The molecule has 1 amide bonds. The Morgan fingerprint density at radius 1 is 0.341 bits per heavy atom. The van der Waals surface area contributed by atoms with Gasteiger partial charge < -0.3 is 77.6 Å². The molecule has 480 valence electrons. The van der Waals surface area contributed by atoms with Crippen molar-refractivity contribution >= 4 is 112 Å². The number of hydrogen-bond donors (Lipinski definition) is 15. The van der Waals surface area contributed by atoms with E-state index in [1.54, 1.807) is 60.7 Å². The molecule has 0 radical (unpaired) electrons. The minimum atomic E-state index is -1.35. The van der Waals surface area contributed by atoms with Crippen molar-refractivity contribution in [2.45, 2.75) is 38.0 Å². The number of hydrogen-bond acceptors (Lipinski definition) is 19. The summed E-state index contributed by atoms with van der Waals surface area (Å²) in [6.07, 6.45) is 0.0751. The summed E-state index contributed by atoms with van der Waals surface area (Å²) in [5, 5.41) is 110. The molecule has 0 unspecified atom stereocenters. The molecule has 0 aliphatic carbocycles. The minimum Gasteiger partial charge on any atom is -0.480 e. The van der Waals surface area contributed by atoms with Gasteiger partial charge in [0, 0.05) is 75.8 Å². The van der Waals surface area contributed by atoms with Crippen molar-refractivity contribution < 1.29 is 104 Å². The summed E-state index contributed by atoms with van der Waals surface area (Å²) in [6, 6.07) is 18.7. The van der Waals surface area contributed by atoms with Gasteiger partial charge in [0.25, 0.3) is 0 Å². The lowest BCUT2D eigenvalue weighted by Crippen LogP contribution is -2.51. The van der Waals surface area contributed by atoms with E-state index in [1.807, 2.05) is 12.1 Å². The smallest absolute Gasteiger partial charge is 0.317 e. The van der Waals surface area contributed by atoms with Crippen LogP contribution in [0.3, 0.4) is 0 Å². The summed E-state index contributed by atoms with van der Waals surface area (Å²) in [4.78, 5) is 136. The van der Waals surface area contributed by atoms with E-state index in [0.29, 0.717) is 29.0 Å². The molecule has 0 saturated carbocycles. The van der Waals surface area contributed by atoms with Crippen LogP contribution in [0.5, 0.6) is 0 Å². The van der Waals surface area contributed by atoms with Crippen molar-refractivity contribution in [2.75, 3.05) is 122 Å². The van der Waals surface area contributed by atoms with E-state index in [4.69, 9.17) is 24.4 Å². The molecule has 0 heterocycles. The third-order valence-corrected chi connectivity index (χ3v) is 13.2. The predicted molar refractivity (Wildman–Crippen MR) is 319 cm³/mol. The van der Waals surface area contributed by atoms with E-state index in [1.165, 1.54) is 9.80 Å². The summed E-state index contributed by atoms with van der Waals surface area (Å²) < 4.78 is 0. The lowest BCUT2D eigenvalue weighted by Gasteiger charge is -2.34. The van der Waals surface area contributed by atoms with Crippen molar-refractivity contribution in [3.05, 3.63) is 95.1 Å². The highest BCUT2D eigenvalue weighted by Gasteiger charge is 2.30. The summed E-state index contributed by atoms with van der Waals surface area (Å²) in [7, 11) is 0. The van der Waals surface area contributed by atoms with Gasteiger partial charge in [-0.3, -0.25) is 82.1 Å². The average molecular weight is 1270 g/mol. The van der Waals surface area contributed by atoms with Crippen LogP contribution in [0.4, 0.5) is 11.4 Å². The number of nitrogens with one attached hydrogen (secondary N) is 5. The first-order valence-electron chi connectivity index (χ1n) is 26.7. The largest absolute Gasteiger partial charge is 0.480 e. The number of carboxylic acid groups (broad SMARTS) is 10. The zero-order valence-corrected chi connectivity index (χ0v) is 49.0. The molecule has 15 N–H and O–H groups in total. The Kier molecular flexibility index (Phi) is 31.8. The Morgan fingerprint density at radius 2 is 0.602 bits per heavy atom. The van der Waals surface area contributed by atoms with E-state index >= 15 is 0 Å². The number of benzene rings is 3. The van der Waals surface area contributed by atoms with Gasteiger partial charge in [-0.05, 0) is 83.8 Å². The summed E-state index contributed by atoms with van der Waals surface area (Å²) in [5.41, 5.74) is 3.83. The molecule has 0 aliphatic heterocycles. The molecular formula is C54H71N11O21S2. The highest BCUT2D eigenvalue weighted by Crippen LogP contribution is 2.18. The summed E-state index contributed by atoms with van der Waals surface area (Å²) >= 11 is 10.9. The quantitative estimate of drug-likeness (QED) is 0.0279. The van der Waals surface area contributed by atoms with Crippen LogP contribution < -0.4 is 26.6 Å². The lowest BCUT2D eigenvalue weighted by atomic mass is 10.0. The van der Waals surface area contributed by atoms with Crippen molar-refractivity contribution in [3.63, 3.8) is 0 Å². The Morgan fingerprint density at radius 3 is 0.909 bits per heavy atom. The second-order valence-electron chi connectivity index (χ2n) is 20.0. The normalized spacial score (nSPS) is 11.9. The van der Waals surface area contributed by atoms with Gasteiger partial charge in [0.1, 0.15) is 0 Å². The number of nitrogens with zero attached hydrogens (tertiary/aromatic N) is 6. The van der Waals surface area contributed by atoms with Crippen molar-refractivity contribution in [1.29, 1.82) is 0 Å². The molecule has 0 bridgehead atoms. The fourth-order valence-corrected chi connectivity index (χ4v) is 9.25. The van der Waals surface area contributed by atoms with Crippen LogP contribution in [-0.2, 0) is 78.7 Å². The maximum Gasteiger partial charge on any atom is 0.317 e. The first-order valence-corrected chi connectivity index (χ1v) is 27.5. The fourth-order valence-electron chi connectivity index (χ4n) is 8.87. The molecule has 3 aromatic carbocycles. The number of carbonyl (C=O) groups is 11. The first kappa shape index (κ1) is 73.2. The molecular weight excluding hydrogens is 1200 g/mol.